The van der Waals surface area contributed by atoms with Gasteiger partial charge in [-0.25, -0.2) is 0 Å². The van der Waals surface area contributed by atoms with E-state index in [1.54, 1.807) is 0 Å². The third kappa shape index (κ3) is 1.63. The minimum atomic E-state index is 0.832. The predicted octanol–water partition coefficient (Wildman–Crippen LogP) is 3.79. The maximum Gasteiger partial charge on any atom is 0.0349 e. The topological polar surface area (TPSA) is 38.9 Å². The lowest BCUT2D eigenvalue weighted by molar-refractivity contribution is 1.36. The molecule has 0 aliphatic rings. The number of hydrogen-bond donors (Lipinski definition) is 1. The lowest BCUT2D eigenvalue weighted by atomic mass is 9.95. The van der Waals surface area contributed by atoms with E-state index in [1.807, 2.05) is 30.6 Å². The van der Waals surface area contributed by atoms with Crippen LogP contribution in [0.1, 0.15) is 5.56 Å². The van der Waals surface area contributed by atoms with Crippen LogP contribution in [0.4, 0.5) is 5.69 Å². The second-order valence-corrected chi connectivity index (χ2v) is 4.42. The molecule has 3 rings (SSSR count). The van der Waals surface area contributed by atoms with Gasteiger partial charge in [0.15, 0.2) is 0 Å². The molecule has 1 heterocycles. The molecule has 1 aromatic heterocycles. The highest BCUT2D eigenvalue weighted by Crippen LogP contribution is 2.32. The average molecular weight is 234 g/mol. The zero-order valence-electron chi connectivity index (χ0n) is 10.2. The van der Waals surface area contributed by atoms with Gasteiger partial charge in [0.2, 0.25) is 0 Å². The van der Waals surface area contributed by atoms with Crippen molar-refractivity contribution in [2.24, 2.45) is 0 Å². The predicted molar refractivity (Wildman–Crippen MR) is 76.3 cm³/mol. The van der Waals surface area contributed by atoms with Crippen molar-refractivity contribution in [3.8, 4) is 11.1 Å². The summed E-state index contributed by atoms with van der Waals surface area (Å²) in [4.78, 5) is 4.16. The summed E-state index contributed by atoms with van der Waals surface area (Å²) < 4.78 is 0. The number of anilines is 1. The maximum atomic E-state index is 5.99. The summed E-state index contributed by atoms with van der Waals surface area (Å²) in [7, 11) is 0. The van der Waals surface area contributed by atoms with Crippen molar-refractivity contribution in [3.63, 3.8) is 0 Å². The zero-order valence-corrected chi connectivity index (χ0v) is 10.2. The summed E-state index contributed by atoms with van der Waals surface area (Å²) in [6.07, 6.45) is 3.72. The Kier molecular flexibility index (Phi) is 2.49. The van der Waals surface area contributed by atoms with Crippen molar-refractivity contribution in [2.75, 3.05) is 5.73 Å². The van der Waals surface area contributed by atoms with Crippen LogP contribution in [0.5, 0.6) is 0 Å². The van der Waals surface area contributed by atoms with Crippen LogP contribution < -0.4 is 5.73 Å². The molecule has 0 radical (unpaired) electrons. The van der Waals surface area contributed by atoms with E-state index in [4.69, 9.17) is 5.73 Å². The van der Waals surface area contributed by atoms with Gasteiger partial charge in [0.25, 0.3) is 0 Å². The maximum absolute atomic E-state index is 5.99. The van der Waals surface area contributed by atoms with E-state index >= 15 is 0 Å². The highest BCUT2D eigenvalue weighted by molar-refractivity contribution is 5.97. The highest BCUT2D eigenvalue weighted by Gasteiger charge is 2.07. The van der Waals surface area contributed by atoms with Gasteiger partial charge in [0.05, 0.1) is 0 Å². The van der Waals surface area contributed by atoms with Gasteiger partial charge in [-0.1, -0.05) is 30.3 Å². The Morgan fingerprint density at radius 2 is 1.72 bits per heavy atom. The molecule has 0 bridgehead atoms. The van der Waals surface area contributed by atoms with Crippen molar-refractivity contribution in [1.82, 2.24) is 4.98 Å². The molecule has 0 unspecified atom stereocenters. The van der Waals surface area contributed by atoms with Gasteiger partial charge >= 0.3 is 0 Å². The minimum absolute atomic E-state index is 0.832. The van der Waals surface area contributed by atoms with Gasteiger partial charge in [0, 0.05) is 23.5 Å². The van der Waals surface area contributed by atoms with Crippen LogP contribution in [0.2, 0.25) is 0 Å². The molecule has 2 nitrogen and oxygen atoms in total. The van der Waals surface area contributed by atoms with Crippen LogP contribution >= 0.6 is 0 Å². The molecule has 0 spiro atoms. The molecule has 18 heavy (non-hydrogen) atoms. The van der Waals surface area contributed by atoms with Crippen molar-refractivity contribution in [2.45, 2.75) is 6.92 Å². The van der Waals surface area contributed by atoms with E-state index in [0.717, 1.165) is 16.6 Å². The van der Waals surface area contributed by atoms with Crippen molar-refractivity contribution < 1.29 is 0 Å². The van der Waals surface area contributed by atoms with Crippen LogP contribution in [-0.4, -0.2) is 4.98 Å². The van der Waals surface area contributed by atoms with Crippen molar-refractivity contribution >= 4 is 16.5 Å². The monoisotopic (exact) mass is 234 g/mol. The standard InChI is InChI=1S/C16H14N2/c1-11-13(5-3-7-16(11)17)15-6-2-4-12-10-18-9-8-14(12)15/h2-10H,17H2,1H3. The molecule has 0 aliphatic carbocycles. The molecule has 0 atom stereocenters. The Labute approximate surface area is 106 Å². The number of aromatic nitrogens is 1. The first-order valence-electron chi connectivity index (χ1n) is 5.95. The van der Waals surface area contributed by atoms with E-state index in [0.29, 0.717) is 0 Å². The molecule has 0 saturated heterocycles. The molecular weight excluding hydrogens is 220 g/mol. The average Bonchev–Trinajstić information content (AvgIpc) is 2.41. The number of nitrogens with two attached hydrogens (primary N) is 1. The van der Waals surface area contributed by atoms with E-state index in [-0.39, 0.29) is 0 Å². The third-order valence-corrected chi connectivity index (χ3v) is 3.35. The lowest BCUT2D eigenvalue weighted by Gasteiger charge is -2.11. The van der Waals surface area contributed by atoms with Gasteiger partial charge in [-0.2, -0.15) is 0 Å². The second-order valence-electron chi connectivity index (χ2n) is 4.42. The summed E-state index contributed by atoms with van der Waals surface area (Å²) in [5.41, 5.74) is 10.3. The number of benzene rings is 2. The molecule has 2 heteroatoms. The molecule has 2 aromatic carbocycles. The fourth-order valence-corrected chi connectivity index (χ4v) is 2.30. The van der Waals surface area contributed by atoms with Crippen LogP contribution in [0.3, 0.4) is 0 Å². The quantitative estimate of drug-likeness (QED) is 0.650. The summed E-state index contributed by atoms with van der Waals surface area (Å²) >= 11 is 0. The Bertz CT molecular complexity index is 712. The Morgan fingerprint density at radius 1 is 0.944 bits per heavy atom. The van der Waals surface area contributed by atoms with Gasteiger partial charge in [0.1, 0.15) is 0 Å². The minimum Gasteiger partial charge on any atom is -0.398 e. The molecule has 0 aliphatic heterocycles. The van der Waals surface area contributed by atoms with Gasteiger partial charge in [-0.3, -0.25) is 4.98 Å². The number of nitrogen functional groups attached to an aromatic ring is 1. The fraction of sp³-hybridized carbons (Fsp3) is 0.0625. The first-order chi connectivity index (χ1) is 8.77. The Morgan fingerprint density at radius 3 is 2.61 bits per heavy atom. The van der Waals surface area contributed by atoms with E-state index < -0.39 is 0 Å². The largest absolute Gasteiger partial charge is 0.398 e. The third-order valence-electron chi connectivity index (χ3n) is 3.35. The summed E-state index contributed by atoms with van der Waals surface area (Å²) in [6.45, 7) is 2.06. The SMILES string of the molecule is Cc1c(N)cccc1-c1cccc2cnccc12. The van der Waals surface area contributed by atoms with E-state index in [2.05, 4.69) is 36.2 Å². The molecule has 0 saturated carbocycles. The number of rotatable bonds is 1. The van der Waals surface area contributed by atoms with E-state index in [9.17, 15) is 0 Å². The molecule has 0 fully saturated rings. The summed E-state index contributed by atoms with van der Waals surface area (Å²) in [5, 5.41) is 2.36. The Balaban J connectivity index is 2.35. The van der Waals surface area contributed by atoms with Crippen LogP contribution in [0.25, 0.3) is 21.9 Å². The van der Waals surface area contributed by atoms with Gasteiger partial charge in [-0.15, -0.1) is 0 Å². The number of fused-ring (bicyclic) bond motifs is 1. The molecular formula is C16H14N2. The van der Waals surface area contributed by atoms with Gasteiger partial charge in [-0.05, 0) is 41.1 Å². The summed E-state index contributed by atoms with van der Waals surface area (Å²) in [5.74, 6) is 0. The Hall–Kier alpha value is -2.35. The zero-order chi connectivity index (χ0) is 12.5. The van der Waals surface area contributed by atoms with E-state index in [1.165, 1.54) is 16.5 Å². The van der Waals surface area contributed by atoms with Crippen LogP contribution in [0, 0.1) is 6.92 Å². The van der Waals surface area contributed by atoms with Crippen molar-refractivity contribution in [1.29, 1.82) is 0 Å². The lowest BCUT2D eigenvalue weighted by Crippen LogP contribution is -1.92. The smallest absolute Gasteiger partial charge is 0.0349 e. The fourth-order valence-electron chi connectivity index (χ4n) is 2.30. The molecule has 2 N–H and O–H groups in total. The number of nitrogens with zero attached hydrogens (tertiary/aromatic N) is 1. The molecule has 0 amide bonds. The van der Waals surface area contributed by atoms with Crippen LogP contribution in [-0.2, 0) is 0 Å². The number of pyridine rings is 1. The first kappa shape index (κ1) is 10.8. The van der Waals surface area contributed by atoms with Gasteiger partial charge < -0.3 is 5.73 Å². The van der Waals surface area contributed by atoms with Crippen LogP contribution in [0.15, 0.2) is 54.9 Å². The highest BCUT2D eigenvalue weighted by atomic mass is 14.6. The second kappa shape index (κ2) is 4.15. The van der Waals surface area contributed by atoms with Crippen molar-refractivity contribution in [3.05, 3.63) is 60.4 Å². The summed E-state index contributed by atoms with van der Waals surface area (Å²) in [6, 6.07) is 14.4. The molecule has 3 aromatic rings. The normalized spacial score (nSPS) is 10.7. The molecule has 88 valence electrons. The first-order valence-corrected chi connectivity index (χ1v) is 5.95. The number of hydrogen-bond acceptors (Lipinski definition) is 2.